The van der Waals surface area contributed by atoms with Gasteiger partial charge in [0.15, 0.2) is 6.10 Å². The zero-order valence-corrected chi connectivity index (χ0v) is 13.4. The standard InChI is InChI=1S/C16H19N3O5/c1-9(24-16(23)13-7-8-14(21)19-13)15(22)18-12-5-3-11(4-6-12)17-10(2)20/h3-6,9,13H,7-8H2,1-2H3,(H,17,20)(H,18,22)(H,19,21). The van der Waals surface area contributed by atoms with Gasteiger partial charge in [0.1, 0.15) is 6.04 Å². The van der Waals surface area contributed by atoms with Crippen LogP contribution in [0.5, 0.6) is 0 Å². The zero-order valence-electron chi connectivity index (χ0n) is 13.4. The van der Waals surface area contributed by atoms with Crippen LogP contribution >= 0.6 is 0 Å². The molecule has 0 aromatic heterocycles. The lowest BCUT2D eigenvalue weighted by Crippen LogP contribution is -2.39. The molecule has 0 aliphatic carbocycles. The van der Waals surface area contributed by atoms with Crippen molar-refractivity contribution < 1.29 is 23.9 Å². The Bertz CT molecular complexity index is 656. The van der Waals surface area contributed by atoms with Crippen molar-refractivity contribution in [3.63, 3.8) is 0 Å². The average molecular weight is 333 g/mol. The Labute approximate surface area is 138 Å². The van der Waals surface area contributed by atoms with Crippen LogP contribution in [0.25, 0.3) is 0 Å². The summed E-state index contributed by atoms with van der Waals surface area (Å²) < 4.78 is 5.07. The van der Waals surface area contributed by atoms with Gasteiger partial charge in [-0.2, -0.15) is 0 Å². The van der Waals surface area contributed by atoms with Crippen LogP contribution < -0.4 is 16.0 Å². The summed E-state index contributed by atoms with van der Waals surface area (Å²) >= 11 is 0. The van der Waals surface area contributed by atoms with Crippen molar-refractivity contribution in [2.45, 2.75) is 38.8 Å². The van der Waals surface area contributed by atoms with E-state index in [4.69, 9.17) is 4.74 Å². The number of hydrogen-bond acceptors (Lipinski definition) is 5. The van der Waals surface area contributed by atoms with Gasteiger partial charge in [-0.15, -0.1) is 0 Å². The smallest absolute Gasteiger partial charge is 0.329 e. The maximum absolute atomic E-state index is 12.0. The molecule has 0 radical (unpaired) electrons. The monoisotopic (exact) mass is 333 g/mol. The van der Waals surface area contributed by atoms with E-state index in [0.29, 0.717) is 17.8 Å². The number of amides is 3. The van der Waals surface area contributed by atoms with Crippen LogP contribution in [0, 0.1) is 0 Å². The highest BCUT2D eigenvalue weighted by molar-refractivity contribution is 5.96. The minimum atomic E-state index is -0.995. The Hall–Kier alpha value is -2.90. The van der Waals surface area contributed by atoms with Crippen LogP contribution in [0.4, 0.5) is 11.4 Å². The number of esters is 1. The highest BCUT2D eigenvalue weighted by Gasteiger charge is 2.30. The van der Waals surface area contributed by atoms with Crippen molar-refractivity contribution >= 4 is 35.1 Å². The lowest BCUT2D eigenvalue weighted by atomic mass is 10.2. The fourth-order valence-corrected chi connectivity index (χ4v) is 2.18. The maximum atomic E-state index is 12.0. The fourth-order valence-electron chi connectivity index (χ4n) is 2.18. The van der Waals surface area contributed by atoms with Crippen LogP contribution in [0.15, 0.2) is 24.3 Å². The van der Waals surface area contributed by atoms with Crippen molar-refractivity contribution in [3.8, 4) is 0 Å². The number of anilines is 2. The van der Waals surface area contributed by atoms with Gasteiger partial charge in [-0.25, -0.2) is 4.79 Å². The second-order valence-corrected chi connectivity index (χ2v) is 5.49. The molecule has 8 nitrogen and oxygen atoms in total. The van der Waals surface area contributed by atoms with Crippen LogP contribution in [-0.2, 0) is 23.9 Å². The summed E-state index contributed by atoms with van der Waals surface area (Å²) in [7, 11) is 0. The topological polar surface area (TPSA) is 114 Å². The number of nitrogens with one attached hydrogen (secondary N) is 3. The third-order valence-electron chi connectivity index (χ3n) is 3.41. The molecular weight excluding hydrogens is 314 g/mol. The minimum absolute atomic E-state index is 0.189. The first-order valence-corrected chi connectivity index (χ1v) is 7.53. The van der Waals surface area contributed by atoms with Gasteiger partial charge in [-0.1, -0.05) is 0 Å². The van der Waals surface area contributed by atoms with E-state index >= 15 is 0 Å². The molecule has 1 saturated heterocycles. The normalized spacial score (nSPS) is 17.6. The second-order valence-electron chi connectivity index (χ2n) is 5.49. The molecule has 128 valence electrons. The Balaban J connectivity index is 1.85. The van der Waals surface area contributed by atoms with Crippen molar-refractivity contribution in [1.82, 2.24) is 5.32 Å². The first-order valence-electron chi connectivity index (χ1n) is 7.53. The van der Waals surface area contributed by atoms with Crippen molar-refractivity contribution in [1.29, 1.82) is 0 Å². The first-order chi connectivity index (χ1) is 11.3. The van der Waals surface area contributed by atoms with Gasteiger partial charge < -0.3 is 20.7 Å². The van der Waals surface area contributed by atoms with Crippen LogP contribution in [0.3, 0.4) is 0 Å². The number of benzene rings is 1. The molecule has 1 fully saturated rings. The van der Waals surface area contributed by atoms with Gasteiger partial charge in [0.05, 0.1) is 0 Å². The number of rotatable bonds is 5. The lowest BCUT2D eigenvalue weighted by molar-refractivity contribution is -0.155. The van der Waals surface area contributed by atoms with Crippen LogP contribution in [0.2, 0.25) is 0 Å². The number of carbonyl (C=O) groups is 4. The van der Waals surface area contributed by atoms with Gasteiger partial charge in [0, 0.05) is 24.7 Å². The van der Waals surface area contributed by atoms with E-state index in [9.17, 15) is 19.2 Å². The Kier molecular flexibility index (Phi) is 5.51. The summed E-state index contributed by atoms with van der Waals surface area (Å²) in [5.74, 6) is -1.50. The van der Waals surface area contributed by atoms with E-state index in [1.54, 1.807) is 24.3 Å². The number of ether oxygens (including phenoxy) is 1. The van der Waals surface area contributed by atoms with Crippen LogP contribution in [0.1, 0.15) is 26.7 Å². The fraction of sp³-hybridized carbons (Fsp3) is 0.375. The molecule has 3 N–H and O–H groups in total. The zero-order chi connectivity index (χ0) is 17.7. The first kappa shape index (κ1) is 17.5. The molecule has 0 bridgehead atoms. The van der Waals surface area contributed by atoms with E-state index < -0.39 is 24.0 Å². The highest BCUT2D eigenvalue weighted by atomic mass is 16.5. The predicted molar refractivity (Wildman–Crippen MR) is 86.1 cm³/mol. The molecule has 0 saturated carbocycles. The summed E-state index contributed by atoms with van der Waals surface area (Å²) in [6.45, 7) is 2.86. The van der Waals surface area contributed by atoms with Crippen molar-refractivity contribution in [2.24, 2.45) is 0 Å². The number of hydrogen-bond donors (Lipinski definition) is 3. The molecule has 2 unspecified atom stereocenters. The summed E-state index contributed by atoms with van der Waals surface area (Å²) in [6, 6.07) is 5.83. The van der Waals surface area contributed by atoms with E-state index in [0.717, 1.165) is 0 Å². The maximum Gasteiger partial charge on any atom is 0.329 e. The molecule has 1 aliphatic heterocycles. The summed E-state index contributed by atoms with van der Waals surface area (Å²) in [6.07, 6.45) is -0.345. The molecule has 2 rings (SSSR count). The molecule has 1 aromatic carbocycles. The summed E-state index contributed by atoms with van der Waals surface area (Å²) in [5, 5.41) is 7.71. The molecular formula is C16H19N3O5. The summed E-state index contributed by atoms with van der Waals surface area (Å²) in [5.41, 5.74) is 1.11. The van der Waals surface area contributed by atoms with E-state index in [2.05, 4.69) is 16.0 Å². The Morgan fingerprint density at radius 1 is 1.17 bits per heavy atom. The minimum Gasteiger partial charge on any atom is -0.451 e. The summed E-state index contributed by atoms with van der Waals surface area (Å²) in [4.78, 5) is 45.9. The molecule has 24 heavy (non-hydrogen) atoms. The highest BCUT2D eigenvalue weighted by Crippen LogP contribution is 2.15. The molecule has 2 atom stereocenters. The van der Waals surface area contributed by atoms with Crippen LogP contribution in [-0.4, -0.2) is 35.8 Å². The SMILES string of the molecule is CC(=O)Nc1ccc(NC(=O)C(C)OC(=O)C2CCC(=O)N2)cc1. The van der Waals surface area contributed by atoms with E-state index in [1.807, 2.05) is 0 Å². The van der Waals surface area contributed by atoms with E-state index in [-0.39, 0.29) is 18.2 Å². The molecule has 0 spiro atoms. The quantitative estimate of drug-likeness (QED) is 0.690. The number of carbonyl (C=O) groups excluding carboxylic acids is 4. The molecule has 1 heterocycles. The van der Waals surface area contributed by atoms with Crippen molar-refractivity contribution in [3.05, 3.63) is 24.3 Å². The predicted octanol–water partition coefficient (Wildman–Crippen LogP) is 0.794. The lowest BCUT2D eigenvalue weighted by Gasteiger charge is -2.16. The average Bonchev–Trinajstić information content (AvgIpc) is 2.95. The van der Waals surface area contributed by atoms with Gasteiger partial charge in [-0.05, 0) is 37.6 Å². The molecule has 8 heteroatoms. The third kappa shape index (κ3) is 4.80. The second kappa shape index (κ2) is 7.58. The molecule has 1 aliphatic rings. The Morgan fingerprint density at radius 3 is 2.25 bits per heavy atom. The van der Waals surface area contributed by atoms with Gasteiger partial charge in [0.25, 0.3) is 5.91 Å². The van der Waals surface area contributed by atoms with Gasteiger partial charge in [0.2, 0.25) is 11.8 Å². The van der Waals surface area contributed by atoms with Crippen molar-refractivity contribution in [2.75, 3.05) is 10.6 Å². The van der Waals surface area contributed by atoms with Gasteiger partial charge >= 0.3 is 5.97 Å². The van der Waals surface area contributed by atoms with E-state index in [1.165, 1.54) is 13.8 Å². The third-order valence-corrected chi connectivity index (χ3v) is 3.41. The Morgan fingerprint density at radius 2 is 1.75 bits per heavy atom. The van der Waals surface area contributed by atoms with Gasteiger partial charge in [-0.3, -0.25) is 14.4 Å². The molecule has 1 aromatic rings. The largest absolute Gasteiger partial charge is 0.451 e. The molecule has 3 amide bonds.